The molecule has 2 aromatic heterocycles. The van der Waals surface area contributed by atoms with Crippen molar-refractivity contribution in [2.75, 3.05) is 13.1 Å². The molecule has 0 bridgehead atoms. The Bertz CT molecular complexity index is 874. The Balaban J connectivity index is 1.59. The molecule has 1 fully saturated rings. The summed E-state index contributed by atoms with van der Waals surface area (Å²) in [6, 6.07) is 11.8. The van der Waals surface area contributed by atoms with Gasteiger partial charge in [0.05, 0.1) is 18.1 Å². The van der Waals surface area contributed by atoms with Crippen LogP contribution in [-0.2, 0) is 6.54 Å². The molecule has 1 aliphatic heterocycles. The summed E-state index contributed by atoms with van der Waals surface area (Å²) in [4.78, 5) is 14.6. The van der Waals surface area contributed by atoms with Gasteiger partial charge in [-0.25, -0.2) is 4.79 Å². The van der Waals surface area contributed by atoms with Gasteiger partial charge in [-0.1, -0.05) is 12.1 Å². The lowest BCUT2D eigenvalue weighted by atomic mass is 10.1. The van der Waals surface area contributed by atoms with Crippen LogP contribution in [-0.4, -0.2) is 22.6 Å². The smallest absolute Gasteiger partial charge is 0.420 e. The van der Waals surface area contributed by atoms with Gasteiger partial charge >= 0.3 is 5.76 Å². The van der Waals surface area contributed by atoms with Gasteiger partial charge < -0.3 is 8.83 Å². The largest absolute Gasteiger partial charge is 0.465 e. The van der Waals surface area contributed by atoms with Crippen molar-refractivity contribution in [3.63, 3.8) is 0 Å². The van der Waals surface area contributed by atoms with Crippen LogP contribution in [0.15, 0.2) is 50.0 Å². The number of hydrogen-bond acceptors (Lipinski definition) is 4. The first-order valence-corrected chi connectivity index (χ1v) is 8.08. The fourth-order valence-electron chi connectivity index (χ4n) is 3.51. The molecule has 3 aromatic rings. The first-order valence-electron chi connectivity index (χ1n) is 8.08. The highest BCUT2D eigenvalue weighted by molar-refractivity contribution is 5.72. The number of fused-ring (bicyclic) bond motifs is 1. The summed E-state index contributed by atoms with van der Waals surface area (Å²) in [7, 11) is 0. The molecule has 0 unspecified atom stereocenters. The van der Waals surface area contributed by atoms with Crippen molar-refractivity contribution in [3.05, 3.63) is 58.5 Å². The summed E-state index contributed by atoms with van der Waals surface area (Å²) in [5.74, 6) is 1.66. The highest BCUT2D eigenvalue weighted by Crippen LogP contribution is 2.26. The zero-order chi connectivity index (χ0) is 15.8. The number of piperidine rings is 1. The van der Waals surface area contributed by atoms with E-state index < -0.39 is 0 Å². The Morgan fingerprint density at radius 2 is 2.04 bits per heavy atom. The standard InChI is InChI=1S/C18H20N2O3/c1-13-8-9-15(22-13)12-19-10-4-5-14(11-19)20-16-6-2-3-7-17(16)23-18(20)21/h2-3,6-9,14H,4-5,10-12H2,1H3/t14-/m0/s1. The van der Waals surface area contributed by atoms with E-state index in [1.165, 1.54) is 0 Å². The minimum Gasteiger partial charge on any atom is -0.465 e. The highest BCUT2D eigenvalue weighted by atomic mass is 16.4. The molecule has 3 heterocycles. The summed E-state index contributed by atoms with van der Waals surface area (Å²) in [5.41, 5.74) is 1.55. The lowest BCUT2D eigenvalue weighted by Gasteiger charge is -2.32. The number of aromatic nitrogens is 1. The third kappa shape index (κ3) is 2.72. The fraction of sp³-hybridized carbons (Fsp3) is 0.389. The van der Waals surface area contributed by atoms with Crippen molar-refractivity contribution < 1.29 is 8.83 Å². The molecule has 5 heteroatoms. The molecule has 0 radical (unpaired) electrons. The SMILES string of the molecule is Cc1ccc(CN2CCC[C@H](n3c(=O)oc4ccccc43)C2)o1. The monoisotopic (exact) mass is 312 g/mol. The molecular weight excluding hydrogens is 292 g/mol. The van der Waals surface area contributed by atoms with Crippen LogP contribution in [0.1, 0.15) is 30.4 Å². The van der Waals surface area contributed by atoms with E-state index in [2.05, 4.69) is 4.90 Å². The predicted molar refractivity (Wildman–Crippen MR) is 87.5 cm³/mol. The lowest BCUT2D eigenvalue weighted by molar-refractivity contribution is 0.157. The fourth-order valence-corrected chi connectivity index (χ4v) is 3.51. The minimum absolute atomic E-state index is 0.149. The van der Waals surface area contributed by atoms with E-state index in [0.717, 1.165) is 49.5 Å². The van der Waals surface area contributed by atoms with Crippen LogP contribution in [0.4, 0.5) is 0 Å². The molecule has 4 rings (SSSR count). The quantitative estimate of drug-likeness (QED) is 0.744. The third-order valence-electron chi connectivity index (χ3n) is 4.54. The Hall–Kier alpha value is -2.27. The van der Waals surface area contributed by atoms with E-state index >= 15 is 0 Å². The van der Waals surface area contributed by atoms with E-state index in [4.69, 9.17) is 8.83 Å². The van der Waals surface area contributed by atoms with E-state index in [1.54, 1.807) is 0 Å². The molecule has 0 amide bonds. The number of likely N-dealkylation sites (tertiary alicyclic amines) is 1. The van der Waals surface area contributed by atoms with Crippen molar-refractivity contribution in [3.8, 4) is 0 Å². The second-order valence-corrected chi connectivity index (χ2v) is 6.25. The van der Waals surface area contributed by atoms with Gasteiger partial charge in [0, 0.05) is 6.54 Å². The summed E-state index contributed by atoms with van der Waals surface area (Å²) in [6.07, 6.45) is 2.06. The third-order valence-corrected chi connectivity index (χ3v) is 4.54. The van der Waals surface area contributed by atoms with Crippen molar-refractivity contribution in [1.29, 1.82) is 0 Å². The molecule has 1 saturated heterocycles. The van der Waals surface area contributed by atoms with Gasteiger partial charge in [0.15, 0.2) is 5.58 Å². The topological polar surface area (TPSA) is 51.5 Å². The molecule has 0 saturated carbocycles. The van der Waals surface area contributed by atoms with Crippen molar-refractivity contribution >= 4 is 11.1 Å². The van der Waals surface area contributed by atoms with Gasteiger partial charge in [-0.15, -0.1) is 0 Å². The zero-order valence-electron chi connectivity index (χ0n) is 13.2. The van der Waals surface area contributed by atoms with Crippen LogP contribution in [0.2, 0.25) is 0 Å². The number of furan rings is 1. The van der Waals surface area contributed by atoms with E-state index in [-0.39, 0.29) is 11.8 Å². The van der Waals surface area contributed by atoms with E-state index in [0.29, 0.717) is 5.58 Å². The second kappa shape index (κ2) is 5.74. The summed E-state index contributed by atoms with van der Waals surface area (Å²) < 4.78 is 12.9. The Kier molecular flexibility index (Phi) is 3.58. The second-order valence-electron chi connectivity index (χ2n) is 6.25. The van der Waals surface area contributed by atoms with Gasteiger partial charge in [0.2, 0.25) is 0 Å². The Morgan fingerprint density at radius 3 is 2.87 bits per heavy atom. The van der Waals surface area contributed by atoms with Crippen LogP contribution in [0.25, 0.3) is 11.1 Å². The number of benzene rings is 1. The molecule has 0 spiro atoms. The highest BCUT2D eigenvalue weighted by Gasteiger charge is 2.25. The maximum atomic E-state index is 12.3. The normalized spacial score (nSPS) is 19.4. The average Bonchev–Trinajstić information content (AvgIpc) is 3.09. The maximum absolute atomic E-state index is 12.3. The summed E-state index contributed by atoms with van der Waals surface area (Å²) in [5, 5.41) is 0. The van der Waals surface area contributed by atoms with Gasteiger partial charge in [-0.05, 0) is 50.6 Å². The van der Waals surface area contributed by atoms with Crippen LogP contribution in [0.5, 0.6) is 0 Å². The van der Waals surface area contributed by atoms with E-state index in [1.807, 2.05) is 47.9 Å². The minimum atomic E-state index is -0.258. The van der Waals surface area contributed by atoms with Gasteiger partial charge in [0.1, 0.15) is 11.5 Å². The lowest BCUT2D eigenvalue weighted by Crippen LogP contribution is -2.38. The Morgan fingerprint density at radius 1 is 1.17 bits per heavy atom. The number of aryl methyl sites for hydroxylation is 1. The Labute approximate surface area is 134 Å². The van der Waals surface area contributed by atoms with Crippen LogP contribution in [0, 0.1) is 6.92 Å². The predicted octanol–water partition coefficient (Wildman–Crippen LogP) is 3.33. The summed E-state index contributed by atoms with van der Waals surface area (Å²) >= 11 is 0. The van der Waals surface area contributed by atoms with Crippen LogP contribution in [0.3, 0.4) is 0 Å². The number of nitrogens with zero attached hydrogens (tertiary/aromatic N) is 2. The molecule has 1 atom stereocenters. The molecular formula is C18H20N2O3. The number of hydrogen-bond donors (Lipinski definition) is 0. The number of oxazole rings is 1. The van der Waals surface area contributed by atoms with E-state index in [9.17, 15) is 4.79 Å². The van der Waals surface area contributed by atoms with Crippen molar-refractivity contribution in [1.82, 2.24) is 9.47 Å². The number of para-hydroxylation sites is 2. The zero-order valence-corrected chi connectivity index (χ0v) is 13.2. The van der Waals surface area contributed by atoms with Gasteiger partial charge in [0.25, 0.3) is 0 Å². The molecule has 1 aromatic carbocycles. The molecule has 0 aliphatic carbocycles. The first kappa shape index (κ1) is 14.3. The molecule has 120 valence electrons. The molecule has 0 N–H and O–H groups in total. The van der Waals surface area contributed by atoms with Crippen LogP contribution < -0.4 is 5.76 Å². The van der Waals surface area contributed by atoms with Crippen LogP contribution >= 0.6 is 0 Å². The molecule has 23 heavy (non-hydrogen) atoms. The van der Waals surface area contributed by atoms with Crippen molar-refractivity contribution in [2.24, 2.45) is 0 Å². The van der Waals surface area contributed by atoms with Gasteiger partial charge in [-0.2, -0.15) is 0 Å². The number of rotatable bonds is 3. The first-order chi connectivity index (χ1) is 11.2. The average molecular weight is 312 g/mol. The molecule has 5 nitrogen and oxygen atoms in total. The maximum Gasteiger partial charge on any atom is 0.420 e. The summed E-state index contributed by atoms with van der Waals surface area (Å²) in [6.45, 7) is 4.61. The van der Waals surface area contributed by atoms with Gasteiger partial charge in [-0.3, -0.25) is 9.47 Å². The van der Waals surface area contributed by atoms with Crippen molar-refractivity contribution in [2.45, 2.75) is 32.4 Å². The molecule has 1 aliphatic rings.